The van der Waals surface area contributed by atoms with E-state index in [0.717, 1.165) is 5.56 Å². The third kappa shape index (κ3) is 5.72. The van der Waals surface area contributed by atoms with Crippen LogP contribution in [0.1, 0.15) is 39.2 Å². The number of amides is 1. The summed E-state index contributed by atoms with van der Waals surface area (Å²) in [5.74, 6) is -0.699. The molecular weight excluding hydrogens is 306 g/mol. The third-order valence-electron chi connectivity index (χ3n) is 3.66. The molecule has 1 aliphatic carbocycles. The first-order valence-corrected chi connectivity index (χ1v) is 8.20. The molecule has 2 atom stereocenters. The molecule has 1 amide bonds. The summed E-state index contributed by atoms with van der Waals surface area (Å²) in [4.78, 5) is 24.4. The average Bonchev–Trinajstić information content (AvgIpc) is 2.52. The summed E-state index contributed by atoms with van der Waals surface area (Å²) < 4.78 is 10.7. The first-order chi connectivity index (χ1) is 11.3. The second-order valence-electron chi connectivity index (χ2n) is 6.90. The first-order valence-electron chi connectivity index (χ1n) is 8.20. The van der Waals surface area contributed by atoms with Crippen molar-refractivity contribution in [3.63, 3.8) is 0 Å². The molecule has 2 rings (SSSR count). The van der Waals surface area contributed by atoms with E-state index >= 15 is 0 Å². The Balaban J connectivity index is 1.92. The minimum absolute atomic E-state index is 0.235. The molecule has 0 aliphatic heterocycles. The Hall–Kier alpha value is -2.30. The molecular formula is C19H25NO4. The predicted octanol–water partition coefficient (Wildman–Crippen LogP) is 3.59. The number of alkyl carbamates (subject to hydrolysis) is 1. The number of carbonyl (C=O) groups is 2. The van der Waals surface area contributed by atoms with E-state index in [1.807, 2.05) is 42.5 Å². The molecule has 1 aromatic rings. The lowest BCUT2D eigenvalue weighted by atomic mass is 9.89. The summed E-state index contributed by atoms with van der Waals surface area (Å²) in [6, 6.07) is 9.22. The van der Waals surface area contributed by atoms with E-state index < -0.39 is 17.6 Å². The van der Waals surface area contributed by atoms with Gasteiger partial charge < -0.3 is 14.8 Å². The van der Waals surface area contributed by atoms with Gasteiger partial charge in [-0.25, -0.2) is 4.79 Å². The molecule has 130 valence electrons. The lowest BCUT2D eigenvalue weighted by Gasteiger charge is -2.29. The van der Waals surface area contributed by atoms with Crippen molar-refractivity contribution in [2.24, 2.45) is 5.92 Å². The van der Waals surface area contributed by atoms with E-state index in [0.29, 0.717) is 12.8 Å². The Labute approximate surface area is 143 Å². The van der Waals surface area contributed by atoms with Gasteiger partial charge in [-0.3, -0.25) is 4.79 Å². The quantitative estimate of drug-likeness (QED) is 0.676. The molecule has 1 aliphatic rings. The fourth-order valence-corrected chi connectivity index (χ4v) is 2.53. The van der Waals surface area contributed by atoms with Gasteiger partial charge in [-0.2, -0.15) is 0 Å². The third-order valence-corrected chi connectivity index (χ3v) is 3.66. The maximum atomic E-state index is 12.4. The molecule has 0 bridgehead atoms. The van der Waals surface area contributed by atoms with E-state index in [1.165, 1.54) is 0 Å². The topological polar surface area (TPSA) is 64.6 Å². The maximum absolute atomic E-state index is 12.4. The van der Waals surface area contributed by atoms with Crippen molar-refractivity contribution >= 4 is 12.1 Å². The zero-order valence-electron chi connectivity index (χ0n) is 14.5. The number of rotatable bonds is 4. The van der Waals surface area contributed by atoms with Gasteiger partial charge in [-0.15, -0.1) is 0 Å². The van der Waals surface area contributed by atoms with Gasteiger partial charge in [0, 0.05) is 6.04 Å². The van der Waals surface area contributed by atoms with Gasteiger partial charge in [0.2, 0.25) is 0 Å². The summed E-state index contributed by atoms with van der Waals surface area (Å²) in [7, 11) is 0. The van der Waals surface area contributed by atoms with Crippen LogP contribution in [0.25, 0.3) is 0 Å². The number of carbonyl (C=O) groups excluding carboxylic acids is 2. The van der Waals surface area contributed by atoms with Crippen LogP contribution in [0.15, 0.2) is 42.5 Å². The highest BCUT2D eigenvalue weighted by Crippen LogP contribution is 2.22. The molecule has 5 heteroatoms. The van der Waals surface area contributed by atoms with E-state index in [4.69, 9.17) is 9.47 Å². The fourth-order valence-electron chi connectivity index (χ4n) is 2.53. The summed E-state index contributed by atoms with van der Waals surface area (Å²) >= 11 is 0. The number of allylic oxidation sites excluding steroid dienone is 1. The number of esters is 1. The van der Waals surface area contributed by atoms with Crippen LogP contribution in [0.5, 0.6) is 0 Å². The molecule has 0 fully saturated rings. The SMILES string of the molecule is CC(C)(C)OC(=O)N[C@H]1CC=CC[C@H]1C(=O)OCc1ccccc1. The normalized spacial score (nSPS) is 20.3. The molecule has 0 saturated heterocycles. The van der Waals surface area contributed by atoms with Crippen LogP contribution in [-0.2, 0) is 20.9 Å². The lowest BCUT2D eigenvalue weighted by molar-refractivity contribution is -0.151. The number of nitrogens with one attached hydrogen (secondary N) is 1. The van der Waals surface area contributed by atoms with Crippen molar-refractivity contribution in [2.45, 2.75) is 51.9 Å². The molecule has 1 aromatic carbocycles. The van der Waals surface area contributed by atoms with Crippen molar-refractivity contribution in [3.8, 4) is 0 Å². The standard InChI is InChI=1S/C19H25NO4/c1-19(2,3)24-18(22)20-16-12-8-7-11-15(16)17(21)23-13-14-9-5-4-6-10-14/h4-10,15-16H,11-13H2,1-3H3,(H,20,22)/t15-,16+/m1/s1. The van der Waals surface area contributed by atoms with E-state index in [1.54, 1.807) is 20.8 Å². The van der Waals surface area contributed by atoms with Gasteiger partial charge in [0.15, 0.2) is 0 Å². The minimum atomic E-state index is -0.572. The Bertz CT molecular complexity index is 589. The van der Waals surface area contributed by atoms with Gasteiger partial charge in [-0.1, -0.05) is 42.5 Å². The van der Waals surface area contributed by atoms with E-state index in [2.05, 4.69) is 5.32 Å². The van der Waals surface area contributed by atoms with Gasteiger partial charge in [0.1, 0.15) is 12.2 Å². The van der Waals surface area contributed by atoms with Crippen molar-refractivity contribution in [3.05, 3.63) is 48.0 Å². The molecule has 1 N–H and O–H groups in total. The van der Waals surface area contributed by atoms with Crippen molar-refractivity contribution < 1.29 is 19.1 Å². The van der Waals surface area contributed by atoms with Crippen molar-refractivity contribution in [1.82, 2.24) is 5.32 Å². The zero-order chi connectivity index (χ0) is 17.6. The zero-order valence-corrected chi connectivity index (χ0v) is 14.5. The Morgan fingerprint density at radius 3 is 2.46 bits per heavy atom. The predicted molar refractivity (Wildman–Crippen MR) is 91.3 cm³/mol. The van der Waals surface area contributed by atoms with Crippen LogP contribution in [0.4, 0.5) is 4.79 Å². The summed E-state index contributed by atoms with van der Waals surface area (Å²) in [6.45, 7) is 5.65. The second kappa shape index (κ2) is 7.99. The summed E-state index contributed by atoms with van der Waals surface area (Å²) in [5, 5.41) is 2.79. The summed E-state index contributed by atoms with van der Waals surface area (Å²) in [6.07, 6.45) is 4.53. The maximum Gasteiger partial charge on any atom is 0.407 e. The minimum Gasteiger partial charge on any atom is -0.461 e. The first kappa shape index (κ1) is 18.0. The lowest BCUT2D eigenvalue weighted by Crippen LogP contribution is -2.46. The van der Waals surface area contributed by atoms with Gasteiger partial charge in [0.05, 0.1) is 5.92 Å². The van der Waals surface area contributed by atoms with Gasteiger partial charge in [0.25, 0.3) is 0 Å². The highest BCUT2D eigenvalue weighted by molar-refractivity contribution is 5.76. The van der Waals surface area contributed by atoms with Crippen LogP contribution >= 0.6 is 0 Å². The number of ether oxygens (including phenoxy) is 2. The molecule has 5 nitrogen and oxygen atoms in total. The molecule has 0 spiro atoms. The van der Waals surface area contributed by atoms with E-state index in [-0.39, 0.29) is 18.6 Å². The average molecular weight is 331 g/mol. The van der Waals surface area contributed by atoms with Crippen LogP contribution in [0.2, 0.25) is 0 Å². The second-order valence-corrected chi connectivity index (χ2v) is 6.90. The molecule has 24 heavy (non-hydrogen) atoms. The number of hydrogen-bond acceptors (Lipinski definition) is 4. The largest absolute Gasteiger partial charge is 0.461 e. The Morgan fingerprint density at radius 2 is 1.79 bits per heavy atom. The Kier molecular flexibility index (Phi) is 6.01. The molecule has 0 radical (unpaired) electrons. The van der Waals surface area contributed by atoms with E-state index in [9.17, 15) is 9.59 Å². The van der Waals surface area contributed by atoms with Crippen LogP contribution in [-0.4, -0.2) is 23.7 Å². The molecule has 0 aromatic heterocycles. The Morgan fingerprint density at radius 1 is 1.12 bits per heavy atom. The molecule has 0 unspecified atom stereocenters. The number of benzene rings is 1. The van der Waals surface area contributed by atoms with Gasteiger partial charge in [-0.05, 0) is 39.2 Å². The van der Waals surface area contributed by atoms with Crippen molar-refractivity contribution in [2.75, 3.05) is 0 Å². The smallest absolute Gasteiger partial charge is 0.407 e. The highest BCUT2D eigenvalue weighted by atomic mass is 16.6. The summed E-state index contributed by atoms with van der Waals surface area (Å²) in [5.41, 5.74) is 0.367. The van der Waals surface area contributed by atoms with Crippen LogP contribution in [0, 0.1) is 5.92 Å². The number of hydrogen-bond donors (Lipinski definition) is 1. The van der Waals surface area contributed by atoms with Crippen LogP contribution < -0.4 is 5.32 Å². The highest BCUT2D eigenvalue weighted by Gasteiger charge is 2.32. The fraction of sp³-hybridized carbons (Fsp3) is 0.474. The molecule has 0 heterocycles. The molecule has 0 saturated carbocycles. The van der Waals surface area contributed by atoms with Crippen LogP contribution in [0.3, 0.4) is 0 Å². The van der Waals surface area contributed by atoms with Crippen molar-refractivity contribution in [1.29, 1.82) is 0 Å². The van der Waals surface area contributed by atoms with Gasteiger partial charge >= 0.3 is 12.1 Å². The monoisotopic (exact) mass is 331 g/mol.